The quantitative estimate of drug-likeness (QED) is 0.143. The number of carbonyl (C=O) groups excluding carboxylic acids is 3. The summed E-state index contributed by atoms with van der Waals surface area (Å²) in [4.78, 5) is 40.5. The van der Waals surface area contributed by atoms with E-state index in [9.17, 15) is 14.4 Å². The highest BCUT2D eigenvalue weighted by Crippen LogP contribution is 2.19. The summed E-state index contributed by atoms with van der Waals surface area (Å²) in [6, 6.07) is 22.9. The molecular weight excluding hydrogens is 456 g/mol. The first-order valence-corrected chi connectivity index (χ1v) is 11.4. The maximum atomic E-state index is 13.1. The molecule has 0 radical (unpaired) electrons. The second-order valence-corrected chi connectivity index (χ2v) is 8.22. The van der Waals surface area contributed by atoms with Crippen molar-refractivity contribution in [3.63, 3.8) is 0 Å². The predicted molar refractivity (Wildman–Crippen MR) is 137 cm³/mol. The zero-order chi connectivity index (χ0) is 25.3. The second-order valence-electron chi connectivity index (χ2n) is 8.22. The van der Waals surface area contributed by atoms with Gasteiger partial charge in [0, 0.05) is 41.7 Å². The molecule has 182 valence electrons. The molecule has 8 heteroatoms. The van der Waals surface area contributed by atoms with Crippen molar-refractivity contribution < 1.29 is 19.6 Å². The molecule has 0 aliphatic carbocycles. The average Bonchev–Trinajstić information content (AvgIpc) is 3.33. The zero-order valence-electron chi connectivity index (χ0n) is 19.4. The van der Waals surface area contributed by atoms with Gasteiger partial charge in [0.1, 0.15) is 6.04 Å². The zero-order valence-corrected chi connectivity index (χ0v) is 19.4. The standard InChI is InChI=1S/C28H26N4O4/c33-26(15-12-19-10-13-21(14-11-19)27(34)32-36)31-25(28(35)30-17-20-6-2-1-3-7-20)16-22-18-29-24-9-5-4-8-23(22)24/h1-15,18,25,29,36H,16-17H2,(H,30,35)(H,31,33)(H,32,34)/b15-12+/t25-/m0/s1. The van der Waals surface area contributed by atoms with Gasteiger partial charge in [0.05, 0.1) is 0 Å². The first kappa shape index (κ1) is 24.4. The Morgan fingerprint density at radius 1 is 0.917 bits per heavy atom. The van der Waals surface area contributed by atoms with Gasteiger partial charge in [0.25, 0.3) is 5.91 Å². The molecule has 0 fully saturated rings. The van der Waals surface area contributed by atoms with Crippen LogP contribution >= 0.6 is 0 Å². The third-order valence-electron chi connectivity index (χ3n) is 5.74. The van der Waals surface area contributed by atoms with E-state index >= 15 is 0 Å². The molecule has 8 nitrogen and oxygen atoms in total. The summed E-state index contributed by atoms with van der Waals surface area (Å²) in [5, 5.41) is 15.4. The topological polar surface area (TPSA) is 123 Å². The van der Waals surface area contributed by atoms with Gasteiger partial charge < -0.3 is 15.6 Å². The lowest BCUT2D eigenvalue weighted by Gasteiger charge is -2.18. The van der Waals surface area contributed by atoms with E-state index in [2.05, 4.69) is 15.6 Å². The van der Waals surface area contributed by atoms with Crippen LogP contribution in [0, 0.1) is 0 Å². The van der Waals surface area contributed by atoms with Crippen molar-refractivity contribution in [3.8, 4) is 0 Å². The SMILES string of the molecule is O=C(/C=C/c1ccc(C(=O)NO)cc1)N[C@@H](Cc1c[nH]c2ccccc12)C(=O)NCc1ccccc1. The predicted octanol–water partition coefficient (Wildman–Crippen LogP) is 3.34. The molecule has 0 aliphatic heterocycles. The van der Waals surface area contributed by atoms with Crippen LogP contribution in [0.15, 0.2) is 91.1 Å². The summed E-state index contributed by atoms with van der Waals surface area (Å²) in [6.45, 7) is 0.351. The minimum absolute atomic E-state index is 0.285. The molecule has 4 aromatic rings. The fourth-order valence-electron chi connectivity index (χ4n) is 3.84. The van der Waals surface area contributed by atoms with E-state index in [1.165, 1.54) is 18.2 Å². The number of hydroxylamine groups is 1. The number of benzene rings is 3. The minimum atomic E-state index is -0.791. The van der Waals surface area contributed by atoms with Gasteiger partial charge in [-0.05, 0) is 41.0 Å². The number of aromatic amines is 1. The maximum absolute atomic E-state index is 13.1. The molecule has 0 unspecified atom stereocenters. The van der Waals surface area contributed by atoms with Gasteiger partial charge >= 0.3 is 0 Å². The Hall–Kier alpha value is -4.69. The highest BCUT2D eigenvalue weighted by Gasteiger charge is 2.22. The molecule has 3 amide bonds. The Balaban J connectivity index is 1.47. The highest BCUT2D eigenvalue weighted by molar-refractivity contribution is 5.96. The molecule has 0 bridgehead atoms. The number of H-pyrrole nitrogens is 1. The van der Waals surface area contributed by atoms with Gasteiger partial charge in [-0.2, -0.15) is 0 Å². The van der Waals surface area contributed by atoms with Gasteiger partial charge in [-0.25, -0.2) is 5.48 Å². The first-order chi connectivity index (χ1) is 17.5. The summed E-state index contributed by atoms with van der Waals surface area (Å²) in [5.74, 6) is -1.33. The van der Waals surface area contributed by atoms with Crippen molar-refractivity contribution >= 4 is 34.7 Å². The van der Waals surface area contributed by atoms with Crippen molar-refractivity contribution in [2.24, 2.45) is 0 Å². The Labute approximate surface area is 208 Å². The molecule has 0 saturated heterocycles. The molecule has 1 aromatic heterocycles. The normalized spacial score (nSPS) is 11.8. The number of amides is 3. The monoisotopic (exact) mass is 482 g/mol. The molecule has 1 heterocycles. The Morgan fingerprint density at radius 2 is 1.64 bits per heavy atom. The van der Waals surface area contributed by atoms with Gasteiger partial charge in [-0.3, -0.25) is 19.6 Å². The Kier molecular flexibility index (Phi) is 7.90. The van der Waals surface area contributed by atoms with Crippen molar-refractivity contribution in [1.82, 2.24) is 21.1 Å². The fourth-order valence-corrected chi connectivity index (χ4v) is 3.84. The molecule has 1 atom stereocenters. The first-order valence-electron chi connectivity index (χ1n) is 11.4. The van der Waals surface area contributed by atoms with Crippen LogP contribution in [0.4, 0.5) is 0 Å². The molecular formula is C28H26N4O4. The second kappa shape index (κ2) is 11.6. The van der Waals surface area contributed by atoms with E-state index in [4.69, 9.17) is 5.21 Å². The summed E-state index contributed by atoms with van der Waals surface area (Å²) in [6.07, 6.45) is 5.10. The van der Waals surface area contributed by atoms with E-state index in [1.807, 2.05) is 60.8 Å². The summed E-state index contributed by atoms with van der Waals surface area (Å²) in [7, 11) is 0. The van der Waals surface area contributed by atoms with E-state index in [-0.39, 0.29) is 11.5 Å². The van der Waals surface area contributed by atoms with Crippen LogP contribution < -0.4 is 16.1 Å². The van der Waals surface area contributed by atoms with Crippen molar-refractivity contribution in [1.29, 1.82) is 0 Å². The summed E-state index contributed by atoms with van der Waals surface area (Å²) >= 11 is 0. The fraction of sp³-hybridized carbons (Fsp3) is 0.107. The molecule has 0 saturated carbocycles. The lowest BCUT2D eigenvalue weighted by atomic mass is 10.0. The van der Waals surface area contributed by atoms with Crippen molar-refractivity contribution in [2.75, 3.05) is 0 Å². The van der Waals surface area contributed by atoms with Crippen LogP contribution in [0.25, 0.3) is 17.0 Å². The Bertz CT molecular complexity index is 1380. The summed E-state index contributed by atoms with van der Waals surface area (Å²) < 4.78 is 0. The molecule has 0 aliphatic rings. The van der Waals surface area contributed by atoms with Crippen LogP contribution in [0.1, 0.15) is 27.0 Å². The molecule has 0 spiro atoms. The van der Waals surface area contributed by atoms with E-state index in [0.29, 0.717) is 18.5 Å². The van der Waals surface area contributed by atoms with Crippen LogP contribution in [-0.2, 0) is 22.6 Å². The average molecular weight is 483 g/mol. The molecule has 36 heavy (non-hydrogen) atoms. The molecule has 5 N–H and O–H groups in total. The van der Waals surface area contributed by atoms with E-state index in [0.717, 1.165) is 22.0 Å². The smallest absolute Gasteiger partial charge is 0.274 e. The number of hydrogen-bond acceptors (Lipinski definition) is 4. The van der Waals surface area contributed by atoms with E-state index < -0.39 is 17.9 Å². The Morgan fingerprint density at radius 3 is 2.39 bits per heavy atom. The van der Waals surface area contributed by atoms with Gasteiger partial charge in [0.15, 0.2) is 0 Å². The number of para-hydroxylation sites is 1. The third kappa shape index (κ3) is 6.25. The number of fused-ring (bicyclic) bond motifs is 1. The van der Waals surface area contributed by atoms with Crippen molar-refractivity contribution in [2.45, 2.75) is 19.0 Å². The van der Waals surface area contributed by atoms with E-state index in [1.54, 1.807) is 23.7 Å². The maximum Gasteiger partial charge on any atom is 0.274 e. The van der Waals surface area contributed by atoms with Crippen LogP contribution in [0.2, 0.25) is 0 Å². The van der Waals surface area contributed by atoms with Gasteiger partial charge in [-0.1, -0.05) is 60.7 Å². The number of rotatable bonds is 9. The van der Waals surface area contributed by atoms with Crippen LogP contribution in [0.5, 0.6) is 0 Å². The van der Waals surface area contributed by atoms with Crippen molar-refractivity contribution in [3.05, 3.63) is 113 Å². The molecule has 3 aromatic carbocycles. The largest absolute Gasteiger partial charge is 0.361 e. The van der Waals surface area contributed by atoms with Crippen LogP contribution in [0.3, 0.4) is 0 Å². The third-order valence-corrected chi connectivity index (χ3v) is 5.74. The lowest BCUT2D eigenvalue weighted by Crippen LogP contribution is -2.47. The van der Waals surface area contributed by atoms with Gasteiger partial charge in [-0.15, -0.1) is 0 Å². The summed E-state index contributed by atoms with van der Waals surface area (Å²) in [5.41, 5.74) is 5.38. The highest BCUT2D eigenvalue weighted by atomic mass is 16.5. The number of carbonyl (C=O) groups is 3. The number of hydrogen-bond donors (Lipinski definition) is 5. The lowest BCUT2D eigenvalue weighted by molar-refractivity contribution is -0.127. The molecule has 4 rings (SSSR count). The minimum Gasteiger partial charge on any atom is -0.361 e. The number of aromatic nitrogens is 1. The van der Waals surface area contributed by atoms with Crippen LogP contribution in [-0.4, -0.2) is 34.0 Å². The van der Waals surface area contributed by atoms with Gasteiger partial charge in [0.2, 0.25) is 11.8 Å². The number of nitrogens with one attached hydrogen (secondary N) is 4.